The van der Waals surface area contributed by atoms with Crippen LogP contribution < -0.4 is 5.32 Å². The van der Waals surface area contributed by atoms with Gasteiger partial charge in [0.25, 0.3) is 5.91 Å². The largest absolute Gasteiger partial charge is 0.340 e. The molecule has 0 aromatic heterocycles. The van der Waals surface area contributed by atoms with E-state index in [4.69, 9.17) is 0 Å². The summed E-state index contributed by atoms with van der Waals surface area (Å²) in [5, 5.41) is 3.34. The molecule has 32 heavy (non-hydrogen) atoms. The molecule has 1 N–H and O–H groups in total. The Kier molecular flexibility index (Phi) is 5.93. The number of carbonyl (C=O) groups is 3. The minimum absolute atomic E-state index is 0.0336. The first-order chi connectivity index (χ1) is 15.5. The highest BCUT2D eigenvalue weighted by Crippen LogP contribution is 2.40. The molecule has 3 amide bonds. The van der Waals surface area contributed by atoms with Crippen LogP contribution in [0.2, 0.25) is 0 Å². The molecule has 2 saturated carbocycles. The molecule has 2 unspecified atom stereocenters. The maximum atomic E-state index is 13.6. The molecule has 7 nitrogen and oxygen atoms in total. The number of rotatable bonds is 5. The van der Waals surface area contributed by atoms with Gasteiger partial charge < -0.3 is 20.0 Å². The number of hydrogen-bond acceptors (Lipinski definition) is 4. The predicted molar refractivity (Wildman–Crippen MR) is 121 cm³/mol. The number of nitrogens with one attached hydrogen (secondary N) is 1. The van der Waals surface area contributed by atoms with Gasteiger partial charge in [0.15, 0.2) is 0 Å². The summed E-state index contributed by atoms with van der Waals surface area (Å²) in [7, 11) is 0. The van der Waals surface area contributed by atoms with E-state index in [0.29, 0.717) is 37.7 Å². The standard InChI is InChI=1S/C25H34N4O3/c1-17-3-5-18(6-4-17)23(30)28-16-21(29(20-9-10-20)24(31)19-7-8-19)15-22(28)25(32)27-13-2-11-26-12-14-27/h3-6,19-22,26H,2,7-16H2,1H3. The van der Waals surface area contributed by atoms with E-state index in [2.05, 4.69) is 10.2 Å². The van der Waals surface area contributed by atoms with Gasteiger partial charge in [-0.2, -0.15) is 0 Å². The smallest absolute Gasteiger partial charge is 0.254 e. The van der Waals surface area contributed by atoms with Crippen molar-refractivity contribution in [2.24, 2.45) is 5.92 Å². The maximum Gasteiger partial charge on any atom is 0.254 e. The number of aryl methyl sites for hydroxylation is 1. The zero-order valence-electron chi connectivity index (χ0n) is 19.0. The van der Waals surface area contributed by atoms with E-state index in [9.17, 15) is 14.4 Å². The fourth-order valence-electron chi connectivity index (χ4n) is 5.16. The Morgan fingerprint density at radius 3 is 2.41 bits per heavy atom. The summed E-state index contributed by atoms with van der Waals surface area (Å²) in [5.74, 6) is 0.329. The SMILES string of the molecule is Cc1ccc(C(=O)N2CC(N(C(=O)C3CC3)C3CC3)CC2C(=O)N2CCCNCC2)cc1. The van der Waals surface area contributed by atoms with Crippen LogP contribution in [0.4, 0.5) is 0 Å². The second-order valence-corrected chi connectivity index (χ2v) is 9.91. The van der Waals surface area contributed by atoms with Crippen molar-refractivity contribution >= 4 is 17.7 Å². The molecule has 0 spiro atoms. The lowest BCUT2D eigenvalue weighted by Gasteiger charge is -2.29. The zero-order chi connectivity index (χ0) is 22.2. The van der Waals surface area contributed by atoms with Gasteiger partial charge in [-0.1, -0.05) is 17.7 Å². The van der Waals surface area contributed by atoms with Crippen molar-refractivity contribution in [3.63, 3.8) is 0 Å². The van der Waals surface area contributed by atoms with Crippen molar-refractivity contribution < 1.29 is 14.4 Å². The highest BCUT2D eigenvalue weighted by molar-refractivity contribution is 5.98. The van der Waals surface area contributed by atoms with Gasteiger partial charge in [-0.3, -0.25) is 14.4 Å². The van der Waals surface area contributed by atoms with Crippen molar-refractivity contribution in [3.05, 3.63) is 35.4 Å². The molecule has 2 saturated heterocycles. The molecule has 2 heterocycles. The van der Waals surface area contributed by atoms with Gasteiger partial charge in [0.1, 0.15) is 6.04 Å². The van der Waals surface area contributed by atoms with Crippen molar-refractivity contribution in [1.82, 2.24) is 20.0 Å². The summed E-state index contributed by atoms with van der Waals surface area (Å²) in [6, 6.07) is 7.29. The molecule has 4 aliphatic rings. The molecular formula is C25H34N4O3. The molecule has 4 fully saturated rings. The normalized spacial score (nSPS) is 26.0. The van der Waals surface area contributed by atoms with Crippen LogP contribution in [-0.4, -0.2) is 83.3 Å². The van der Waals surface area contributed by atoms with Gasteiger partial charge in [0.2, 0.25) is 11.8 Å². The summed E-state index contributed by atoms with van der Waals surface area (Å²) >= 11 is 0. The third-order valence-corrected chi connectivity index (χ3v) is 7.29. The van der Waals surface area contributed by atoms with Crippen LogP contribution in [0.1, 0.15) is 54.4 Å². The molecule has 1 aromatic carbocycles. The number of hydrogen-bond donors (Lipinski definition) is 1. The van der Waals surface area contributed by atoms with E-state index in [0.717, 1.165) is 50.8 Å². The van der Waals surface area contributed by atoms with E-state index in [1.54, 1.807) is 4.90 Å². The van der Waals surface area contributed by atoms with Crippen LogP contribution in [0, 0.1) is 12.8 Å². The highest BCUT2D eigenvalue weighted by atomic mass is 16.2. The summed E-state index contributed by atoms with van der Waals surface area (Å²) in [4.78, 5) is 46.0. The summed E-state index contributed by atoms with van der Waals surface area (Å²) in [5.41, 5.74) is 1.71. The first-order valence-corrected chi connectivity index (χ1v) is 12.2. The molecule has 1 aromatic rings. The van der Waals surface area contributed by atoms with E-state index in [-0.39, 0.29) is 29.7 Å². The van der Waals surface area contributed by atoms with Crippen molar-refractivity contribution in [1.29, 1.82) is 0 Å². The van der Waals surface area contributed by atoms with E-state index in [1.807, 2.05) is 36.1 Å². The number of amides is 3. The maximum absolute atomic E-state index is 13.6. The van der Waals surface area contributed by atoms with Gasteiger partial charge in [-0.15, -0.1) is 0 Å². The molecule has 0 bridgehead atoms. The lowest BCUT2D eigenvalue weighted by atomic mass is 10.1. The zero-order valence-corrected chi connectivity index (χ0v) is 19.0. The van der Waals surface area contributed by atoms with Gasteiger partial charge >= 0.3 is 0 Å². The molecule has 0 radical (unpaired) electrons. The lowest BCUT2D eigenvalue weighted by Crippen LogP contribution is -2.48. The third-order valence-electron chi connectivity index (χ3n) is 7.29. The Labute approximate surface area is 190 Å². The molecular weight excluding hydrogens is 404 g/mol. The van der Waals surface area contributed by atoms with Crippen LogP contribution in [-0.2, 0) is 9.59 Å². The molecule has 2 aliphatic heterocycles. The number of nitrogens with zero attached hydrogens (tertiary/aromatic N) is 3. The summed E-state index contributed by atoms with van der Waals surface area (Å²) in [6.07, 6.45) is 5.50. The van der Waals surface area contributed by atoms with Crippen LogP contribution in [0.3, 0.4) is 0 Å². The molecule has 5 rings (SSSR count). The first kappa shape index (κ1) is 21.4. The number of likely N-dealkylation sites (tertiary alicyclic amines) is 1. The van der Waals surface area contributed by atoms with Gasteiger partial charge in [-0.05, 0) is 64.1 Å². The Balaban J connectivity index is 1.40. The Bertz CT molecular complexity index is 870. The highest BCUT2D eigenvalue weighted by Gasteiger charge is 2.49. The molecule has 2 atom stereocenters. The van der Waals surface area contributed by atoms with Gasteiger partial charge in [0.05, 0.1) is 6.04 Å². The quantitative estimate of drug-likeness (QED) is 0.761. The minimum Gasteiger partial charge on any atom is -0.340 e. The fourth-order valence-corrected chi connectivity index (χ4v) is 5.16. The Morgan fingerprint density at radius 1 is 0.969 bits per heavy atom. The molecule has 172 valence electrons. The third kappa shape index (κ3) is 4.40. The minimum atomic E-state index is -0.500. The van der Waals surface area contributed by atoms with Crippen molar-refractivity contribution in [2.45, 2.75) is 63.6 Å². The van der Waals surface area contributed by atoms with E-state index >= 15 is 0 Å². The lowest BCUT2D eigenvalue weighted by molar-refractivity contribution is -0.137. The number of benzene rings is 1. The molecule has 2 aliphatic carbocycles. The molecule has 7 heteroatoms. The van der Waals surface area contributed by atoms with Crippen LogP contribution >= 0.6 is 0 Å². The Hall–Kier alpha value is -2.41. The first-order valence-electron chi connectivity index (χ1n) is 12.2. The van der Waals surface area contributed by atoms with E-state index < -0.39 is 6.04 Å². The monoisotopic (exact) mass is 438 g/mol. The second-order valence-electron chi connectivity index (χ2n) is 9.91. The second kappa shape index (κ2) is 8.85. The Morgan fingerprint density at radius 2 is 1.72 bits per heavy atom. The van der Waals surface area contributed by atoms with Gasteiger partial charge in [-0.25, -0.2) is 0 Å². The average molecular weight is 439 g/mol. The number of carbonyl (C=O) groups excluding carboxylic acids is 3. The van der Waals surface area contributed by atoms with Gasteiger partial charge in [0, 0.05) is 43.7 Å². The van der Waals surface area contributed by atoms with E-state index in [1.165, 1.54) is 0 Å². The topological polar surface area (TPSA) is 73.0 Å². The van der Waals surface area contributed by atoms with Crippen LogP contribution in [0.25, 0.3) is 0 Å². The summed E-state index contributed by atoms with van der Waals surface area (Å²) < 4.78 is 0. The average Bonchev–Trinajstić information content (AvgIpc) is 3.69. The van der Waals surface area contributed by atoms with Crippen molar-refractivity contribution in [2.75, 3.05) is 32.7 Å². The fraction of sp³-hybridized carbons (Fsp3) is 0.640. The van der Waals surface area contributed by atoms with Crippen molar-refractivity contribution in [3.8, 4) is 0 Å². The predicted octanol–water partition coefficient (Wildman–Crippen LogP) is 1.80. The van der Waals surface area contributed by atoms with Crippen LogP contribution in [0.5, 0.6) is 0 Å². The van der Waals surface area contributed by atoms with Crippen LogP contribution in [0.15, 0.2) is 24.3 Å². The summed E-state index contributed by atoms with van der Waals surface area (Å²) in [6.45, 7) is 5.52.